The normalized spacial score (nSPS) is 25.2. The maximum absolute atomic E-state index is 5.91. The van der Waals surface area contributed by atoms with Crippen LogP contribution in [0.4, 0.5) is 0 Å². The largest absolute Gasteiger partial charge is 0.375 e. The van der Waals surface area contributed by atoms with Crippen molar-refractivity contribution < 1.29 is 9.47 Å². The molecule has 3 heterocycles. The third kappa shape index (κ3) is 5.08. The summed E-state index contributed by atoms with van der Waals surface area (Å²) in [4.78, 5) is 11.0. The molecule has 2 aliphatic heterocycles. The van der Waals surface area contributed by atoms with E-state index in [1.165, 1.54) is 0 Å². The van der Waals surface area contributed by atoms with Gasteiger partial charge in [-0.25, -0.2) is 4.98 Å². The van der Waals surface area contributed by atoms with E-state index in [0.717, 1.165) is 68.2 Å². The van der Waals surface area contributed by atoms with E-state index < -0.39 is 0 Å². The fourth-order valence-electron chi connectivity index (χ4n) is 3.03. The Bertz CT molecular complexity index is 506. The van der Waals surface area contributed by atoms with Gasteiger partial charge in [-0.05, 0) is 19.3 Å². The van der Waals surface area contributed by atoms with Gasteiger partial charge in [0.2, 0.25) is 0 Å². The van der Waals surface area contributed by atoms with Crippen LogP contribution >= 0.6 is 23.1 Å². The van der Waals surface area contributed by atoms with Crippen molar-refractivity contribution >= 4 is 29.1 Å². The molecule has 2 atom stereocenters. The molecule has 24 heavy (non-hydrogen) atoms. The van der Waals surface area contributed by atoms with Crippen LogP contribution in [0.1, 0.15) is 19.3 Å². The van der Waals surface area contributed by atoms with Crippen molar-refractivity contribution in [2.45, 2.75) is 35.8 Å². The lowest BCUT2D eigenvalue weighted by molar-refractivity contribution is -0.0816. The molecule has 0 radical (unpaired) electrons. The van der Waals surface area contributed by atoms with Crippen LogP contribution in [0.15, 0.2) is 20.9 Å². The number of guanidine groups is 1. The monoisotopic (exact) mass is 370 g/mol. The number of morpholine rings is 1. The minimum absolute atomic E-state index is 0.167. The smallest absolute Gasteiger partial charge is 0.193 e. The minimum Gasteiger partial charge on any atom is -0.375 e. The summed E-state index contributed by atoms with van der Waals surface area (Å²) in [6.07, 6.45) is 5.62. The molecule has 0 amide bonds. The van der Waals surface area contributed by atoms with Gasteiger partial charge in [0.1, 0.15) is 10.4 Å². The lowest BCUT2D eigenvalue weighted by atomic mass is 10.1. The molecule has 1 N–H and O–H groups in total. The molecule has 0 spiro atoms. The van der Waals surface area contributed by atoms with Crippen molar-refractivity contribution in [1.82, 2.24) is 15.2 Å². The van der Waals surface area contributed by atoms with Crippen LogP contribution in [-0.4, -0.2) is 73.7 Å². The highest BCUT2D eigenvalue weighted by atomic mass is 32.2. The highest BCUT2D eigenvalue weighted by molar-refractivity contribution is 8.00. The molecular weight excluding hydrogens is 344 g/mol. The van der Waals surface area contributed by atoms with E-state index in [1.54, 1.807) is 11.3 Å². The summed E-state index contributed by atoms with van der Waals surface area (Å²) in [5.41, 5.74) is 0. The number of ether oxygens (including phenoxy) is 2. The molecule has 2 unspecified atom stereocenters. The number of aromatic nitrogens is 1. The van der Waals surface area contributed by atoms with Gasteiger partial charge in [0.05, 0.1) is 12.7 Å². The average Bonchev–Trinajstić information content (AvgIpc) is 3.32. The second kappa shape index (κ2) is 9.60. The second-order valence-electron chi connectivity index (χ2n) is 5.88. The molecule has 2 fully saturated rings. The first kappa shape index (κ1) is 18.0. The van der Waals surface area contributed by atoms with E-state index in [4.69, 9.17) is 9.47 Å². The topological polar surface area (TPSA) is 59.0 Å². The molecule has 2 aliphatic rings. The lowest BCUT2D eigenvalue weighted by Gasteiger charge is -2.37. The number of nitrogens with zero attached hydrogens (tertiary/aromatic N) is 3. The summed E-state index contributed by atoms with van der Waals surface area (Å²) in [6.45, 7) is 4.28. The predicted molar refractivity (Wildman–Crippen MR) is 99.1 cm³/mol. The van der Waals surface area contributed by atoms with Crippen LogP contribution in [0.2, 0.25) is 0 Å². The molecule has 0 aliphatic carbocycles. The van der Waals surface area contributed by atoms with E-state index in [0.29, 0.717) is 0 Å². The first-order chi connectivity index (χ1) is 11.9. The first-order valence-corrected chi connectivity index (χ1v) is 10.4. The number of aliphatic imine (C=N–C) groups is 1. The van der Waals surface area contributed by atoms with Crippen LogP contribution in [0.3, 0.4) is 0 Å². The Balaban J connectivity index is 1.38. The van der Waals surface area contributed by atoms with E-state index in [-0.39, 0.29) is 12.2 Å². The van der Waals surface area contributed by atoms with Gasteiger partial charge in [0, 0.05) is 50.6 Å². The van der Waals surface area contributed by atoms with Crippen molar-refractivity contribution in [3.05, 3.63) is 11.6 Å². The van der Waals surface area contributed by atoms with Crippen LogP contribution in [0.5, 0.6) is 0 Å². The van der Waals surface area contributed by atoms with Gasteiger partial charge in [0.15, 0.2) is 5.96 Å². The lowest BCUT2D eigenvalue weighted by Crippen LogP contribution is -2.53. The Kier molecular flexibility index (Phi) is 7.19. The Labute approximate surface area is 152 Å². The number of nitrogens with one attached hydrogen (secondary N) is 1. The van der Waals surface area contributed by atoms with Crippen molar-refractivity contribution in [2.75, 3.05) is 45.6 Å². The van der Waals surface area contributed by atoms with Gasteiger partial charge in [0.25, 0.3) is 0 Å². The molecule has 0 bridgehead atoms. The second-order valence-corrected chi connectivity index (χ2v) is 8.12. The minimum atomic E-state index is 0.167. The van der Waals surface area contributed by atoms with E-state index in [9.17, 15) is 0 Å². The summed E-state index contributed by atoms with van der Waals surface area (Å²) in [7, 11) is 1.85. The Hall–Kier alpha value is -0.830. The molecule has 3 rings (SSSR count). The van der Waals surface area contributed by atoms with Crippen molar-refractivity contribution in [3.8, 4) is 0 Å². The number of rotatable bonds is 6. The molecular formula is C16H26N4O2S2. The number of hydrogen-bond acceptors (Lipinski definition) is 6. The van der Waals surface area contributed by atoms with E-state index in [1.807, 2.05) is 30.4 Å². The summed E-state index contributed by atoms with van der Waals surface area (Å²) >= 11 is 3.52. The van der Waals surface area contributed by atoms with Crippen molar-refractivity contribution in [2.24, 2.45) is 4.99 Å². The molecule has 6 nitrogen and oxygen atoms in total. The molecule has 0 saturated carbocycles. The predicted octanol–water partition coefficient (Wildman–Crippen LogP) is 2.08. The van der Waals surface area contributed by atoms with Gasteiger partial charge < -0.3 is 19.7 Å². The van der Waals surface area contributed by atoms with E-state index >= 15 is 0 Å². The summed E-state index contributed by atoms with van der Waals surface area (Å²) in [6, 6.07) is 0. The Morgan fingerprint density at radius 3 is 3.12 bits per heavy atom. The van der Waals surface area contributed by atoms with Gasteiger partial charge >= 0.3 is 0 Å². The summed E-state index contributed by atoms with van der Waals surface area (Å²) in [5, 5.41) is 5.50. The fraction of sp³-hybridized carbons (Fsp3) is 0.750. The quantitative estimate of drug-likeness (QED) is 0.358. The van der Waals surface area contributed by atoms with Crippen molar-refractivity contribution in [1.29, 1.82) is 0 Å². The average molecular weight is 371 g/mol. The zero-order valence-electron chi connectivity index (χ0n) is 14.1. The number of thiazole rings is 1. The highest BCUT2D eigenvalue weighted by Gasteiger charge is 2.32. The van der Waals surface area contributed by atoms with Gasteiger partial charge in [-0.15, -0.1) is 11.3 Å². The molecule has 8 heteroatoms. The van der Waals surface area contributed by atoms with Gasteiger partial charge in [-0.2, -0.15) is 0 Å². The first-order valence-electron chi connectivity index (χ1n) is 8.58. The Morgan fingerprint density at radius 2 is 2.38 bits per heavy atom. The fourth-order valence-corrected chi connectivity index (χ4v) is 4.68. The maximum Gasteiger partial charge on any atom is 0.193 e. The van der Waals surface area contributed by atoms with Crippen LogP contribution in [-0.2, 0) is 9.47 Å². The summed E-state index contributed by atoms with van der Waals surface area (Å²) < 4.78 is 12.8. The third-order valence-electron chi connectivity index (χ3n) is 4.22. The number of thioether (sulfide) groups is 1. The SMILES string of the molecule is CN=C(NCCCSc1nccs1)N1CCOC(C2CCCO2)C1. The van der Waals surface area contributed by atoms with Crippen LogP contribution in [0.25, 0.3) is 0 Å². The summed E-state index contributed by atoms with van der Waals surface area (Å²) in [5.74, 6) is 2.04. The molecule has 1 aromatic heterocycles. The maximum atomic E-state index is 5.91. The molecule has 134 valence electrons. The third-order valence-corrected chi connectivity index (χ3v) is 6.28. The molecule has 2 saturated heterocycles. The zero-order chi connectivity index (χ0) is 16.6. The molecule has 0 aromatic carbocycles. The molecule has 1 aromatic rings. The highest BCUT2D eigenvalue weighted by Crippen LogP contribution is 2.21. The van der Waals surface area contributed by atoms with Crippen molar-refractivity contribution in [3.63, 3.8) is 0 Å². The van der Waals surface area contributed by atoms with Gasteiger partial charge in [-0.1, -0.05) is 11.8 Å². The van der Waals surface area contributed by atoms with Crippen LogP contribution in [0, 0.1) is 0 Å². The zero-order valence-corrected chi connectivity index (χ0v) is 15.8. The Morgan fingerprint density at radius 1 is 1.46 bits per heavy atom. The van der Waals surface area contributed by atoms with E-state index in [2.05, 4.69) is 20.2 Å². The number of hydrogen-bond donors (Lipinski definition) is 1. The van der Waals surface area contributed by atoms with Gasteiger partial charge in [-0.3, -0.25) is 4.99 Å². The van der Waals surface area contributed by atoms with Crippen LogP contribution < -0.4 is 5.32 Å². The standard InChI is InChI=1S/C16H26N4O2S2/c1-17-15(18-5-3-10-23-16-19-6-11-24-16)20-7-9-22-14(12-20)13-4-2-8-21-13/h6,11,13-14H,2-5,7-10,12H2,1H3,(H,17,18).